The molecule has 1 N–H and O–H groups in total. The maximum absolute atomic E-state index is 10.1. The minimum Gasteiger partial charge on any atom is -0.496 e. The Balaban J connectivity index is 1.89. The van der Waals surface area contributed by atoms with Crippen LogP contribution in [0.25, 0.3) is 22.2 Å². The predicted molar refractivity (Wildman–Crippen MR) is 116 cm³/mol. The molecule has 1 saturated heterocycles. The van der Waals surface area contributed by atoms with Gasteiger partial charge in [-0.1, -0.05) is 23.8 Å². The van der Waals surface area contributed by atoms with Gasteiger partial charge in [0.1, 0.15) is 17.0 Å². The van der Waals surface area contributed by atoms with Crippen LogP contribution in [-0.2, 0) is 6.54 Å². The molecule has 5 heteroatoms. The summed E-state index contributed by atoms with van der Waals surface area (Å²) in [6, 6.07) is 14.4. The summed E-state index contributed by atoms with van der Waals surface area (Å²) in [6.07, 6.45) is 1.63. The van der Waals surface area contributed by atoms with Gasteiger partial charge in [-0.25, -0.2) is 4.98 Å². The first-order chi connectivity index (χ1) is 14.1. The third kappa shape index (κ3) is 4.07. The maximum Gasteiger partial charge on any atom is 0.145 e. The van der Waals surface area contributed by atoms with Crippen LogP contribution < -0.4 is 9.47 Å². The number of pyridine rings is 1. The third-order valence-corrected chi connectivity index (χ3v) is 5.59. The van der Waals surface area contributed by atoms with Crippen molar-refractivity contribution in [1.82, 2.24) is 9.88 Å². The van der Waals surface area contributed by atoms with Crippen LogP contribution in [0.2, 0.25) is 0 Å². The van der Waals surface area contributed by atoms with Crippen molar-refractivity contribution in [3.8, 4) is 22.8 Å². The summed E-state index contributed by atoms with van der Waals surface area (Å²) in [4.78, 5) is 7.36. The molecule has 0 spiro atoms. The smallest absolute Gasteiger partial charge is 0.145 e. The first-order valence-electron chi connectivity index (χ1n) is 10.1. The van der Waals surface area contributed by atoms with Crippen LogP contribution in [0.4, 0.5) is 0 Å². The number of benzene rings is 2. The van der Waals surface area contributed by atoms with Gasteiger partial charge in [0.05, 0.1) is 26.0 Å². The zero-order chi connectivity index (χ0) is 20.4. The third-order valence-electron chi connectivity index (χ3n) is 5.59. The second-order valence-electron chi connectivity index (χ2n) is 7.76. The molecule has 4 rings (SSSR count). The van der Waals surface area contributed by atoms with Gasteiger partial charge < -0.3 is 14.6 Å². The van der Waals surface area contributed by atoms with Crippen molar-refractivity contribution in [3.63, 3.8) is 0 Å². The standard InChI is InChI=1S/C24H28N2O3/c1-16-6-4-7-17(12-16)23-18(14-26-11-5-8-19(27)15-26)13-20-21(28-2)9-10-22(29-3)24(20)25-23/h4,6-7,9-10,12-13,19,27H,5,8,11,14-15H2,1-3H3. The Hall–Kier alpha value is -2.63. The number of aryl methyl sites for hydroxylation is 1. The van der Waals surface area contributed by atoms with E-state index in [4.69, 9.17) is 14.5 Å². The fourth-order valence-corrected chi connectivity index (χ4v) is 4.17. The maximum atomic E-state index is 10.1. The van der Waals surface area contributed by atoms with Gasteiger partial charge in [0.15, 0.2) is 0 Å². The number of aromatic nitrogens is 1. The van der Waals surface area contributed by atoms with E-state index in [1.807, 2.05) is 12.1 Å². The van der Waals surface area contributed by atoms with Crippen LogP contribution in [-0.4, -0.2) is 48.4 Å². The largest absolute Gasteiger partial charge is 0.496 e. The summed E-state index contributed by atoms with van der Waals surface area (Å²) < 4.78 is 11.2. The number of β-amino-alcohol motifs (C(OH)–C–C–N with tert-alkyl or cyclic N) is 1. The summed E-state index contributed by atoms with van der Waals surface area (Å²) in [5.41, 5.74) is 5.16. The van der Waals surface area contributed by atoms with Crippen molar-refractivity contribution in [2.75, 3.05) is 27.3 Å². The molecule has 1 fully saturated rings. The zero-order valence-electron chi connectivity index (χ0n) is 17.3. The summed E-state index contributed by atoms with van der Waals surface area (Å²) >= 11 is 0. The Morgan fingerprint density at radius 3 is 2.62 bits per heavy atom. The number of hydrogen-bond acceptors (Lipinski definition) is 5. The normalized spacial score (nSPS) is 17.4. The van der Waals surface area contributed by atoms with Crippen LogP contribution in [0, 0.1) is 6.92 Å². The van der Waals surface area contributed by atoms with Crippen LogP contribution in [0.1, 0.15) is 24.0 Å². The average molecular weight is 392 g/mol. The lowest BCUT2D eigenvalue weighted by Gasteiger charge is -2.30. The van der Waals surface area contributed by atoms with Gasteiger partial charge in [0.25, 0.3) is 0 Å². The molecule has 2 heterocycles. The lowest BCUT2D eigenvalue weighted by atomic mass is 9.99. The van der Waals surface area contributed by atoms with Crippen molar-refractivity contribution in [1.29, 1.82) is 0 Å². The Kier molecular flexibility index (Phi) is 5.69. The Morgan fingerprint density at radius 1 is 1.10 bits per heavy atom. The molecule has 0 aliphatic carbocycles. The molecule has 3 aromatic rings. The monoisotopic (exact) mass is 392 g/mol. The van der Waals surface area contributed by atoms with Crippen LogP contribution in [0.15, 0.2) is 42.5 Å². The summed E-state index contributed by atoms with van der Waals surface area (Å²) in [5.74, 6) is 1.51. The van der Waals surface area contributed by atoms with Gasteiger partial charge in [-0.3, -0.25) is 4.90 Å². The molecule has 29 heavy (non-hydrogen) atoms. The van der Waals surface area contributed by atoms with Crippen LogP contribution in [0.5, 0.6) is 11.5 Å². The molecule has 0 amide bonds. The van der Waals surface area contributed by atoms with E-state index < -0.39 is 0 Å². The van der Waals surface area contributed by atoms with Crippen molar-refractivity contribution in [2.45, 2.75) is 32.4 Å². The second-order valence-corrected chi connectivity index (χ2v) is 7.76. The molecule has 1 aliphatic rings. The highest BCUT2D eigenvalue weighted by molar-refractivity contribution is 5.93. The first kappa shape index (κ1) is 19.7. The van der Waals surface area contributed by atoms with Crippen molar-refractivity contribution >= 4 is 10.9 Å². The van der Waals surface area contributed by atoms with Crippen molar-refractivity contribution in [2.24, 2.45) is 0 Å². The number of fused-ring (bicyclic) bond motifs is 1. The first-order valence-corrected chi connectivity index (χ1v) is 10.1. The SMILES string of the molecule is COc1ccc(OC)c2nc(-c3cccc(C)c3)c(CN3CCCC(O)C3)cc12. The van der Waals surface area contributed by atoms with Gasteiger partial charge in [-0.05, 0) is 56.1 Å². The molecule has 1 aliphatic heterocycles. The van der Waals surface area contributed by atoms with E-state index in [0.29, 0.717) is 6.54 Å². The van der Waals surface area contributed by atoms with Crippen molar-refractivity contribution < 1.29 is 14.6 Å². The number of ether oxygens (including phenoxy) is 2. The molecule has 0 saturated carbocycles. The number of likely N-dealkylation sites (tertiary alicyclic amines) is 1. The highest BCUT2D eigenvalue weighted by Gasteiger charge is 2.21. The minimum absolute atomic E-state index is 0.255. The quantitative estimate of drug-likeness (QED) is 0.706. The fourth-order valence-electron chi connectivity index (χ4n) is 4.17. The molecule has 0 bridgehead atoms. The van der Waals surface area contributed by atoms with E-state index in [1.54, 1.807) is 14.2 Å². The number of hydrogen-bond donors (Lipinski definition) is 1. The van der Waals surface area contributed by atoms with Gasteiger partial charge >= 0.3 is 0 Å². The molecule has 1 aromatic heterocycles. The number of aliphatic hydroxyl groups is 1. The topological polar surface area (TPSA) is 54.8 Å². The Bertz CT molecular complexity index is 1020. The number of rotatable bonds is 5. The van der Waals surface area contributed by atoms with E-state index in [1.165, 1.54) is 5.56 Å². The van der Waals surface area contributed by atoms with E-state index in [0.717, 1.165) is 65.2 Å². The van der Waals surface area contributed by atoms with Gasteiger partial charge in [0, 0.05) is 24.0 Å². The molecule has 0 radical (unpaired) electrons. The predicted octanol–water partition coefficient (Wildman–Crippen LogP) is 4.18. The molecular formula is C24H28N2O3. The number of nitrogens with zero attached hydrogens (tertiary/aromatic N) is 2. The minimum atomic E-state index is -0.255. The molecule has 152 valence electrons. The van der Waals surface area contributed by atoms with E-state index in [9.17, 15) is 5.11 Å². The molecular weight excluding hydrogens is 364 g/mol. The van der Waals surface area contributed by atoms with Crippen LogP contribution >= 0.6 is 0 Å². The summed E-state index contributed by atoms with van der Waals surface area (Å²) in [6.45, 7) is 4.51. The van der Waals surface area contributed by atoms with Gasteiger partial charge in [0.2, 0.25) is 0 Å². The highest BCUT2D eigenvalue weighted by Crippen LogP contribution is 2.36. The lowest BCUT2D eigenvalue weighted by molar-refractivity contribution is 0.0669. The lowest BCUT2D eigenvalue weighted by Crippen LogP contribution is -2.37. The second kappa shape index (κ2) is 8.39. The van der Waals surface area contributed by atoms with E-state index in [2.05, 4.69) is 42.2 Å². The zero-order valence-corrected chi connectivity index (χ0v) is 17.3. The molecule has 5 nitrogen and oxygen atoms in total. The Labute approximate surface area is 171 Å². The van der Waals surface area contributed by atoms with E-state index >= 15 is 0 Å². The summed E-state index contributed by atoms with van der Waals surface area (Å²) in [5, 5.41) is 11.0. The van der Waals surface area contributed by atoms with Crippen molar-refractivity contribution in [3.05, 3.63) is 53.6 Å². The average Bonchev–Trinajstić information content (AvgIpc) is 2.72. The highest BCUT2D eigenvalue weighted by atomic mass is 16.5. The van der Waals surface area contributed by atoms with Gasteiger partial charge in [-0.2, -0.15) is 0 Å². The molecule has 1 atom stereocenters. The molecule has 1 unspecified atom stereocenters. The number of aliphatic hydroxyl groups excluding tert-OH is 1. The number of piperidine rings is 1. The number of methoxy groups -OCH3 is 2. The Morgan fingerprint density at radius 2 is 1.90 bits per heavy atom. The van der Waals surface area contributed by atoms with Gasteiger partial charge in [-0.15, -0.1) is 0 Å². The van der Waals surface area contributed by atoms with E-state index in [-0.39, 0.29) is 6.10 Å². The molecule has 2 aromatic carbocycles. The fraction of sp³-hybridized carbons (Fsp3) is 0.375. The summed E-state index contributed by atoms with van der Waals surface area (Å²) in [7, 11) is 3.34. The van der Waals surface area contributed by atoms with Crippen LogP contribution in [0.3, 0.4) is 0 Å².